The first-order valence-corrected chi connectivity index (χ1v) is 5.86. The van der Waals surface area contributed by atoms with Gasteiger partial charge in [-0.15, -0.1) is 0 Å². The van der Waals surface area contributed by atoms with Gasteiger partial charge in [-0.3, -0.25) is 9.67 Å². The van der Waals surface area contributed by atoms with Crippen LogP contribution in [0.1, 0.15) is 32.4 Å². The van der Waals surface area contributed by atoms with E-state index in [1.807, 2.05) is 46.4 Å². The Kier molecular flexibility index (Phi) is 4.84. The number of nitrogens with two attached hydrogens (primary N) is 1. The van der Waals surface area contributed by atoms with E-state index >= 15 is 0 Å². The Balaban J connectivity index is 0.000000686. The second-order valence-electron chi connectivity index (χ2n) is 3.70. The number of rotatable bonds is 2. The van der Waals surface area contributed by atoms with Crippen LogP contribution in [0, 0.1) is 0 Å². The summed E-state index contributed by atoms with van der Waals surface area (Å²) in [4.78, 5) is 4.17. The van der Waals surface area contributed by atoms with Crippen molar-refractivity contribution in [3.8, 4) is 11.1 Å². The van der Waals surface area contributed by atoms with Crippen molar-refractivity contribution in [1.29, 1.82) is 0 Å². The molecule has 0 amide bonds. The number of nitrogens with zero attached hydrogens (tertiary/aromatic N) is 3. The van der Waals surface area contributed by atoms with Gasteiger partial charge in [0.1, 0.15) is 0 Å². The van der Waals surface area contributed by atoms with Crippen molar-refractivity contribution >= 4 is 0 Å². The van der Waals surface area contributed by atoms with Gasteiger partial charge in [0.2, 0.25) is 0 Å². The smallest absolute Gasteiger partial charge is 0.0568 e. The molecule has 1 atom stereocenters. The Morgan fingerprint density at radius 1 is 1.18 bits per heavy atom. The van der Waals surface area contributed by atoms with E-state index in [-0.39, 0.29) is 6.04 Å². The molecule has 2 N–H and O–H groups in total. The summed E-state index contributed by atoms with van der Waals surface area (Å²) < 4.78 is 1.77. The molecule has 0 spiro atoms. The average Bonchev–Trinajstić information content (AvgIpc) is 2.79. The molecule has 0 fully saturated rings. The Hall–Kier alpha value is -1.68. The summed E-state index contributed by atoms with van der Waals surface area (Å²) in [5, 5.41) is 4.13. The molecule has 0 bridgehead atoms. The second kappa shape index (κ2) is 6.15. The van der Waals surface area contributed by atoms with E-state index < -0.39 is 0 Å². The number of hydrogen-bond acceptors (Lipinski definition) is 3. The normalized spacial score (nSPS) is 11.6. The zero-order valence-electron chi connectivity index (χ0n) is 10.9. The molecular weight excluding hydrogens is 212 g/mol. The molecule has 1 unspecified atom stereocenters. The first-order chi connectivity index (χ1) is 8.16. The minimum absolute atomic E-state index is 0.00845. The van der Waals surface area contributed by atoms with E-state index in [1.54, 1.807) is 10.9 Å². The molecule has 0 radical (unpaired) electrons. The highest BCUT2D eigenvalue weighted by atomic mass is 15.2. The van der Waals surface area contributed by atoms with Gasteiger partial charge in [-0.1, -0.05) is 13.8 Å². The summed E-state index contributed by atoms with van der Waals surface area (Å²) in [6.07, 6.45) is 7.40. The summed E-state index contributed by atoms with van der Waals surface area (Å²) in [5.74, 6) is 0. The van der Waals surface area contributed by atoms with E-state index in [4.69, 9.17) is 5.73 Å². The van der Waals surface area contributed by atoms with Gasteiger partial charge in [0.05, 0.1) is 6.20 Å². The lowest BCUT2D eigenvalue weighted by Crippen LogP contribution is -2.05. The zero-order chi connectivity index (χ0) is 12.8. The van der Waals surface area contributed by atoms with Crippen molar-refractivity contribution in [2.24, 2.45) is 12.8 Å². The third-order valence-electron chi connectivity index (χ3n) is 2.32. The molecule has 4 heteroatoms. The van der Waals surface area contributed by atoms with Gasteiger partial charge in [0, 0.05) is 42.8 Å². The molecule has 0 saturated heterocycles. The molecule has 2 aromatic rings. The minimum atomic E-state index is 0.00845. The van der Waals surface area contributed by atoms with Crippen molar-refractivity contribution in [2.45, 2.75) is 26.8 Å². The van der Waals surface area contributed by atoms with Gasteiger partial charge in [-0.05, 0) is 18.6 Å². The lowest BCUT2D eigenvalue weighted by molar-refractivity contribution is 0.768. The van der Waals surface area contributed by atoms with Crippen LogP contribution in [0.25, 0.3) is 11.1 Å². The molecule has 0 aliphatic carbocycles. The maximum absolute atomic E-state index is 5.81. The molecule has 2 rings (SSSR count). The van der Waals surface area contributed by atoms with E-state index in [0.29, 0.717) is 0 Å². The highest BCUT2D eigenvalue weighted by Gasteiger charge is 2.04. The fourth-order valence-electron chi connectivity index (χ4n) is 1.43. The topological polar surface area (TPSA) is 56.7 Å². The molecule has 17 heavy (non-hydrogen) atoms. The third-order valence-corrected chi connectivity index (χ3v) is 2.32. The van der Waals surface area contributed by atoms with Crippen LogP contribution in [0.4, 0.5) is 0 Å². The maximum atomic E-state index is 5.81. The van der Waals surface area contributed by atoms with Crippen LogP contribution < -0.4 is 5.73 Å². The van der Waals surface area contributed by atoms with Crippen LogP contribution in [0.3, 0.4) is 0 Å². The van der Waals surface area contributed by atoms with Crippen LogP contribution in [-0.2, 0) is 7.05 Å². The van der Waals surface area contributed by atoms with Gasteiger partial charge < -0.3 is 5.73 Å². The predicted molar refractivity (Wildman–Crippen MR) is 70.4 cm³/mol. The van der Waals surface area contributed by atoms with Crippen LogP contribution >= 0.6 is 0 Å². The number of pyridine rings is 1. The van der Waals surface area contributed by atoms with Crippen molar-refractivity contribution in [3.05, 3.63) is 36.4 Å². The van der Waals surface area contributed by atoms with Crippen LogP contribution in [0.2, 0.25) is 0 Å². The van der Waals surface area contributed by atoms with E-state index in [1.165, 1.54) is 0 Å². The summed E-state index contributed by atoms with van der Waals surface area (Å²) in [6.45, 7) is 5.95. The molecule has 2 heterocycles. The fourth-order valence-corrected chi connectivity index (χ4v) is 1.43. The van der Waals surface area contributed by atoms with Crippen LogP contribution in [0.15, 0.2) is 30.9 Å². The Morgan fingerprint density at radius 2 is 1.88 bits per heavy atom. The number of aryl methyl sites for hydroxylation is 1. The van der Waals surface area contributed by atoms with Crippen LogP contribution in [0.5, 0.6) is 0 Å². The second-order valence-corrected chi connectivity index (χ2v) is 3.70. The Bertz CT molecular complexity index is 460. The summed E-state index contributed by atoms with van der Waals surface area (Å²) in [7, 11) is 1.90. The van der Waals surface area contributed by atoms with Gasteiger partial charge in [-0.2, -0.15) is 5.10 Å². The lowest BCUT2D eigenvalue weighted by Gasteiger charge is -2.05. The standard InChI is InChI=1S/C11H14N4.C2H6/c1-8(12)9-3-10(5-13-4-9)11-6-14-15(2)7-11;1-2/h3-8H,12H2,1-2H3;1-2H3. The first-order valence-electron chi connectivity index (χ1n) is 5.86. The van der Waals surface area contributed by atoms with Gasteiger partial charge in [0.25, 0.3) is 0 Å². The summed E-state index contributed by atoms with van der Waals surface area (Å²) in [6, 6.07) is 2.06. The highest BCUT2D eigenvalue weighted by molar-refractivity contribution is 5.61. The molecule has 0 aliphatic rings. The SMILES string of the molecule is CC.CC(N)c1cncc(-c2cnn(C)c2)c1. The van der Waals surface area contributed by atoms with Gasteiger partial charge in [-0.25, -0.2) is 0 Å². The molecular formula is C13H20N4. The van der Waals surface area contributed by atoms with Crippen molar-refractivity contribution in [1.82, 2.24) is 14.8 Å². The van der Waals surface area contributed by atoms with Crippen molar-refractivity contribution in [2.75, 3.05) is 0 Å². The van der Waals surface area contributed by atoms with Crippen LogP contribution in [-0.4, -0.2) is 14.8 Å². The quantitative estimate of drug-likeness (QED) is 0.865. The van der Waals surface area contributed by atoms with Crippen molar-refractivity contribution in [3.63, 3.8) is 0 Å². The fraction of sp³-hybridized carbons (Fsp3) is 0.385. The Morgan fingerprint density at radius 3 is 2.41 bits per heavy atom. The van der Waals surface area contributed by atoms with Gasteiger partial charge in [0.15, 0.2) is 0 Å². The molecule has 0 aliphatic heterocycles. The molecule has 92 valence electrons. The van der Waals surface area contributed by atoms with E-state index in [0.717, 1.165) is 16.7 Å². The van der Waals surface area contributed by atoms with Gasteiger partial charge >= 0.3 is 0 Å². The van der Waals surface area contributed by atoms with E-state index in [9.17, 15) is 0 Å². The summed E-state index contributed by atoms with van der Waals surface area (Å²) in [5.41, 5.74) is 8.96. The third kappa shape index (κ3) is 3.39. The molecule has 0 aromatic carbocycles. The minimum Gasteiger partial charge on any atom is -0.324 e. The Labute approximate surface area is 102 Å². The molecule has 4 nitrogen and oxygen atoms in total. The zero-order valence-corrected chi connectivity index (χ0v) is 10.9. The number of hydrogen-bond donors (Lipinski definition) is 1. The monoisotopic (exact) mass is 232 g/mol. The largest absolute Gasteiger partial charge is 0.324 e. The molecule has 0 saturated carbocycles. The lowest BCUT2D eigenvalue weighted by atomic mass is 10.1. The van der Waals surface area contributed by atoms with Crippen molar-refractivity contribution < 1.29 is 0 Å². The van der Waals surface area contributed by atoms with E-state index in [2.05, 4.69) is 16.1 Å². The molecule has 2 aromatic heterocycles. The average molecular weight is 232 g/mol. The number of aromatic nitrogens is 3. The highest BCUT2D eigenvalue weighted by Crippen LogP contribution is 2.20. The first kappa shape index (κ1) is 13.4. The summed E-state index contributed by atoms with van der Waals surface area (Å²) >= 11 is 0. The maximum Gasteiger partial charge on any atom is 0.0568 e. The predicted octanol–water partition coefficient (Wildman–Crippen LogP) is 2.53.